The summed E-state index contributed by atoms with van der Waals surface area (Å²) in [7, 11) is 1.60. The summed E-state index contributed by atoms with van der Waals surface area (Å²) in [5.74, 6) is 0.536. The Balaban J connectivity index is 1.75. The lowest BCUT2D eigenvalue weighted by atomic mass is 10.1. The zero-order valence-corrected chi connectivity index (χ0v) is 14.7. The van der Waals surface area contributed by atoms with Crippen molar-refractivity contribution in [2.75, 3.05) is 12.4 Å². The number of benzene rings is 2. The van der Waals surface area contributed by atoms with E-state index in [2.05, 4.69) is 10.3 Å². The third kappa shape index (κ3) is 4.19. The normalized spacial score (nSPS) is 10.5. The molecule has 3 rings (SSSR count). The Hall–Kier alpha value is -2.79. The van der Waals surface area contributed by atoms with Gasteiger partial charge in [-0.2, -0.15) is 0 Å². The monoisotopic (exact) mass is 355 g/mol. The van der Waals surface area contributed by atoms with E-state index in [9.17, 15) is 4.79 Å². The van der Waals surface area contributed by atoms with Crippen LogP contribution in [0.4, 0.5) is 5.69 Å². The third-order valence-corrected chi connectivity index (χ3v) is 3.94. The Morgan fingerprint density at radius 3 is 2.80 bits per heavy atom. The highest BCUT2D eigenvalue weighted by Crippen LogP contribution is 2.27. The first-order chi connectivity index (χ1) is 12.0. The first kappa shape index (κ1) is 17.0. The van der Waals surface area contributed by atoms with Crippen molar-refractivity contribution in [1.29, 1.82) is 0 Å². The number of rotatable bonds is 5. The van der Waals surface area contributed by atoms with Gasteiger partial charge in [0.05, 0.1) is 31.2 Å². The van der Waals surface area contributed by atoms with Crippen molar-refractivity contribution < 1.29 is 9.53 Å². The highest BCUT2D eigenvalue weighted by molar-refractivity contribution is 6.30. The maximum atomic E-state index is 12.2. The zero-order valence-electron chi connectivity index (χ0n) is 14.0. The molecule has 0 saturated heterocycles. The molecule has 2 aromatic carbocycles. The summed E-state index contributed by atoms with van der Waals surface area (Å²) < 4.78 is 7.33. The molecule has 0 aliphatic rings. The smallest absolute Gasteiger partial charge is 0.228 e. The van der Waals surface area contributed by atoms with Crippen molar-refractivity contribution in [2.24, 2.45) is 0 Å². The van der Waals surface area contributed by atoms with Gasteiger partial charge in [-0.3, -0.25) is 4.79 Å². The quantitative estimate of drug-likeness (QED) is 0.752. The Kier molecular flexibility index (Phi) is 5.05. The van der Waals surface area contributed by atoms with Gasteiger partial charge >= 0.3 is 0 Å². The van der Waals surface area contributed by atoms with Crippen LogP contribution < -0.4 is 10.1 Å². The van der Waals surface area contributed by atoms with Crippen LogP contribution in [-0.2, 0) is 11.2 Å². The number of methoxy groups -OCH3 is 1. The highest BCUT2D eigenvalue weighted by atomic mass is 35.5. The molecule has 0 saturated carbocycles. The van der Waals surface area contributed by atoms with Crippen LogP contribution >= 0.6 is 11.6 Å². The molecule has 0 bridgehead atoms. The number of hydrogen-bond donors (Lipinski definition) is 1. The van der Waals surface area contributed by atoms with Gasteiger partial charge in [0.15, 0.2) is 0 Å². The molecular formula is C19H18ClN3O2. The number of carbonyl (C=O) groups is 1. The van der Waals surface area contributed by atoms with Crippen molar-refractivity contribution in [2.45, 2.75) is 13.3 Å². The molecule has 5 nitrogen and oxygen atoms in total. The van der Waals surface area contributed by atoms with Gasteiger partial charge in [-0.05, 0) is 36.8 Å². The van der Waals surface area contributed by atoms with Crippen LogP contribution in [0.1, 0.15) is 11.3 Å². The van der Waals surface area contributed by atoms with E-state index in [4.69, 9.17) is 16.3 Å². The van der Waals surface area contributed by atoms with Crippen LogP contribution in [0.5, 0.6) is 5.75 Å². The van der Waals surface area contributed by atoms with Crippen molar-refractivity contribution in [3.05, 3.63) is 71.3 Å². The minimum atomic E-state index is -0.115. The topological polar surface area (TPSA) is 56.1 Å². The molecule has 0 aliphatic heterocycles. The first-order valence-electron chi connectivity index (χ1n) is 7.78. The van der Waals surface area contributed by atoms with Crippen LogP contribution in [-0.4, -0.2) is 22.6 Å². The minimum Gasteiger partial charge on any atom is -0.494 e. The van der Waals surface area contributed by atoms with E-state index in [1.54, 1.807) is 31.6 Å². The molecule has 6 heteroatoms. The molecule has 128 valence electrons. The molecule has 0 fully saturated rings. The van der Waals surface area contributed by atoms with Crippen molar-refractivity contribution in [1.82, 2.24) is 9.55 Å². The predicted molar refractivity (Wildman–Crippen MR) is 98.6 cm³/mol. The predicted octanol–water partition coefficient (Wildman–Crippen LogP) is 4.02. The van der Waals surface area contributed by atoms with Crippen LogP contribution in [0.3, 0.4) is 0 Å². The highest BCUT2D eigenvalue weighted by Gasteiger charge is 2.10. The van der Waals surface area contributed by atoms with Crippen LogP contribution in [0.2, 0.25) is 5.02 Å². The van der Waals surface area contributed by atoms with Crippen molar-refractivity contribution in [3.63, 3.8) is 0 Å². The Labute approximate surface area is 151 Å². The van der Waals surface area contributed by atoms with Crippen LogP contribution in [0.15, 0.2) is 55.0 Å². The van der Waals surface area contributed by atoms with Gasteiger partial charge in [-0.1, -0.05) is 23.7 Å². The van der Waals surface area contributed by atoms with Gasteiger partial charge < -0.3 is 14.6 Å². The molecule has 1 heterocycles. The summed E-state index contributed by atoms with van der Waals surface area (Å²) in [5, 5.41) is 3.50. The molecule has 0 aliphatic carbocycles. The number of nitrogens with one attached hydrogen (secondary N) is 1. The van der Waals surface area contributed by atoms with E-state index in [0.717, 1.165) is 16.9 Å². The maximum absolute atomic E-state index is 12.2. The second-order valence-electron chi connectivity index (χ2n) is 5.66. The number of anilines is 1. The molecule has 0 atom stereocenters. The van der Waals surface area contributed by atoms with E-state index in [-0.39, 0.29) is 12.3 Å². The number of halogens is 1. The van der Waals surface area contributed by atoms with Crippen molar-refractivity contribution in [3.8, 4) is 11.4 Å². The summed E-state index contributed by atoms with van der Waals surface area (Å²) in [5.41, 5.74) is 3.31. The Bertz CT molecular complexity index is 905. The number of aryl methyl sites for hydroxylation is 1. The summed E-state index contributed by atoms with van der Waals surface area (Å²) in [6.07, 6.45) is 3.89. The van der Waals surface area contributed by atoms with Gasteiger partial charge in [0.2, 0.25) is 5.91 Å². The zero-order chi connectivity index (χ0) is 17.8. The lowest BCUT2D eigenvalue weighted by Gasteiger charge is -2.12. The number of hydrogen-bond acceptors (Lipinski definition) is 3. The molecule has 0 spiro atoms. The summed E-state index contributed by atoms with van der Waals surface area (Å²) in [4.78, 5) is 16.5. The number of ether oxygens (including phenoxy) is 1. The molecule has 0 radical (unpaired) electrons. The largest absolute Gasteiger partial charge is 0.494 e. The maximum Gasteiger partial charge on any atom is 0.228 e. The molecular weight excluding hydrogens is 338 g/mol. The van der Waals surface area contributed by atoms with E-state index in [0.29, 0.717) is 16.5 Å². The van der Waals surface area contributed by atoms with Gasteiger partial charge in [-0.25, -0.2) is 4.98 Å². The number of imidazole rings is 1. The number of amides is 1. The molecule has 1 N–H and O–H groups in total. The van der Waals surface area contributed by atoms with Gasteiger partial charge in [0, 0.05) is 23.0 Å². The second-order valence-corrected chi connectivity index (χ2v) is 6.10. The van der Waals surface area contributed by atoms with Gasteiger partial charge in [0.25, 0.3) is 0 Å². The molecule has 1 amide bonds. The van der Waals surface area contributed by atoms with E-state index in [1.807, 2.05) is 42.0 Å². The van der Waals surface area contributed by atoms with E-state index in [1.165, 1.54) is 0 Å². The number of aromatic nitrogens is 2. The minimum absolute atomic E-state index is 0.115. The fraction of sp³-hybridized carbons (Fsp3) is 0.158. The Morgan fingerprint density at radius 2 is 2.12 bits per heavy atom. The van der Waals surface area contributed by atoms with E-state index < -0.39 is 0 Å². The van der Waals surface area contributed by atoms with E-state index >= 15 is 0 Å². The number of nitrogens with zero attached hydrogens (tertiary/aromatic N) is 2. The average molecular weight is 356 g/mol. The lowest BCUT2D eigenvalue weighted by molar-refractivity contribution is -0.115. The standard InChI is InChI=1S/C19H18ClN3O2/c1-13-11-23(12-21-13)17-7-6-16(10-18(17)25-2)22-19(24)9-14-4-3-5-15(20)8-14/h3-8,10-12H,9H2,1-2H3,(H,22,24). The second kappa shape index (κ2) is 7.40. The molecule has 25 heavy (non-hydrogen) atoms. The molecule has 1 aromatic heterocycles. The van der Waals surface area contributed by atoms with Crippen LogP contribution in [0.25, 0.3) is 5.69 Å². The molecule has 3 aromatic rings. The fourth-order valence-electron chi connectivity index (χ4n) is 2.56. The fourth-order valence-corrected chi connectivity index (χ4v) is 2.77. The lowest BCUT2D eigenvalue weighted by Crippen LogP contribution is -2.14. The SMILES string of the molecule is COc1cc(NC(=O)Cc2cccc(Cl)c2)ccc1-n1cnc(C)c1. The van der Waals surface area contributed by atoms with Gasteiger partial charge in [-0.15, -0.1) is 0 Å². The van der Waals surface area contributed by atoms with Crippen molar-refractivity contribution >= 4 is 23.2 Å². The average Bonchev–Trinajstić information content (AvgIpc) is 3.01. The number of carbonyl (C=O) groups excluding carboxylic acids is 1. The summed E-state index contributed by atoms with van der Waals surface area (Å²) in [6, 6.07) is 12.8. The van der Waals surface area contributed by atoms with Gasteiger partial charge in [0.1, 0.15) is 5.75 Å². The summed E-state index contributed by atoms with van der Waals surface area (Å²) >= 11 is 5.95. The Morgan fingerprint density at radius 1 is 1.28 bits per heavy atom. The third-order valence-electron chi connectivity index (χ3n) is 3.71. The first-order valence-corrected chi connectivity index (χ1v) is 8.16. The summed E-state index contributed by atoms with van der Waals surface area (Å²) in [6.45, 7) is 1.92. The van der Waals surface area contributed by atoms with Crippen LogP contribution in [0, 0.1) is 6.92 Å². The molecule has 0 unspecified atom stereocenters.